The minimum absolute atomic E-state index is 0.0618. The lowest BCUT2D eigenvalue weighted by molar-refractivity contribution is 0.0973. The highest BCUT2D eigenvalue weighted by atomic mass is 16.5. The summed E-state index contributed by atoms with van der Waals surface area (Å²) in [7, 11) is 1.97. The molecule has 0 spiro atoms. The standard InChI is InChI=1S/C15H22N4O2/c1-9-7-12(18-21-9)8-16-13-5-6-20-15(13)14-10(2)17-19(4)11(14)3/h7,13,15-16H,5-6,8H2,1-4H3/t13-,15-/m0/s1. The van der Waals surface area contributed by atoms with Gasteiger partial charge in [0.1, 0.15) is 11.9 Å². The highest BCUT2D eigenvalue weighted by molar-refractivity contribution is 5.29. The third-order valence-corrected chi connectivity index (χ3v) is 4.16. The smallest absolute Gasteiger partial charge is 0.133 e. The summed E-state index contributed by atoms with van der Waals surface area (Å²) in [5.41, 5.74) is 4.36. The Labute approximate surface area is 124 Å². The second kappa shape index (κ2) is 5.61. The number of ether oxygens (including phenoxy) is 1. The predicted molar refractivity (Wildman–Crippen MR) is 77.9 cm³/mol. The lowest BCUT2D eigenvalue weighted by atomic mass is 10.0. The number of hydrogen-bond acceptors (Lipinski definition) is 5. The Balaban J connectivity index is 1.73. The molecule has 2 aromatic rings. The van der Waals surface area contributed by atoms with Crippen LogP contribution in [-0.4, -0.2) is 27.6 Å². The number of rotatable bonds is 4. The monoisotopic (exact) mass is 290 g/mol. The van der Waals surface area contributed by atoms with Gasteiger partial charge in [-0.2, -0.15) is 5.10 Å². The SMILES string of the molecule is Cc1cc(CN[C@H]2CCO[C@@H]2c2c(C)nn(C)c2C)no1. The van der Waals surface area contributed by atoms with Crippen LogP contribution < -0.4 is 5.32 Å². The molecule has 1 aliphatic rings. The van der Waals surface area contributed by atoms with E-state index in [1.165, 1.54) is 11.3 Å². The Morgan fingerprint density at radius 2 is 2.19 bits per heavy atom. The highest BCUT2D eigenvalue weighted by Crippen LogP contribution is 2.33. The van der Waals surface area contributed by atoms with Crippen molar-refractivity contribution in [3.63, 3.8) is 0 Å². The number of aromatic nitrogens is 3. The van der Waals surface area contributed by atoms with Crippen molar-refractivity contribution in [3.05, 3.63) is 34.5 Å². The van der Waals surface area contributed by atoms with Gasteiger partial charge in [-0.05, 0) is 27.2 Å². The van der Waals surface area contributed by atoms with Crippen molar-refractivity contribution in [1.29, 1.82) is 0 Å². The fourth-order valence-corrected chi connectivity index (χ4v) is 3.02. The molecule has 1 fully saturated rings. The third kappa shape index (κ3) is 2.73. The van der Waals surface area contributed by atoms with Crippen molar-refractivity contribution in [2.75, 3.05) is 6.61 Å². The summed E-state index contributed by atoms with van der Waals surface area (Å²) in [4.78, 5) is 0. The van der Waals surface area contributed by atoms with Gasteiger partial charge in [0.25, 0.3) is 0 Å². The molecule has 6 nitrogen and oxygen atoms in total. The summed E-state index contributed by atoms with van der Waals surface area (Å²) in [6, 6.07) is 2.24. The van der Waals surface area contributed by atoms with Crippen molar-refractivity contribution >= 4 is 0 Å². The summed E-state index contributed by atoms with van der Waals surface area (Å²) < 4.78 is 13.0. The second-order valence-corrected chi connectivity index (χ2v) is 5.70. The number of nitrogens with one attached hydrogen (secondary N) is 1. The average Bonchev–Trinajstić information content (AvgIpc) is 3.10. The van der Waals surface area contributed by atoms with Gasteiger partial charge in [-0.3, -0.25) is 4.68 Å². The maximum absolute atomic E-state index is 5.96. The quantitative estimate of drug-likeness (QED) is 0.932. The molecule has 0 aromatic carbocycles. The van der Waals surface area contributed by atoms with E-state index in [0.717, 1.165) is 30.2 Å². The van der Waals surface area contributed by atoms with Crippen LogP contribution in [0, 0.1) is 20.8 Å². The number of hydrogen-bond donors (Lipinski definition) is 1. The Morgan fingerprint density at radius 3 is 2.81 bits per heavy atom. The maximum Gasteiger partial charge on any atom is 0.133 e. The molecule has 0 amide bonds. The van der Waals surface area contributed by atoms with Crippen LogP contribution >= 0.6 is 0 Å². The van der Waals surface area contributed by atoms with E-state index in [1.807, 2.05) is 31.6 Å². The van der Waals surface area contributed by atoms with Crippen LogP contribution in [0.15, 0.2) is 10.6 Å². The first-order valence-corrected chi connectivity index (χ1v) is 7.33. The second-order valence-electron chi connectivity index (χ2n) is 5.70. The molecular weight excluding hydrogens is 268 g/mol. The van der Waals surface area contributed by atoms with E-state index >= 15 is 0 Å². The van der Waals surface area contributed by atoms with Gasteiger partial charge in [0.2, 0.25) is 0 Å². The molecule has 21 heavy (non-hydrogen) atoms. The summed E-state index contributed by atoms with van der Waals surface area (Å²) in [6.07, 6.45) is 1.06. The van der Waals surface area contributed by atoms with Gasteiger partial charge >= 0.3 is 0 Å². The van der Waals surface area contributed by atoms with Crippen LogP contribution in [0.4, 0.5) is 0 Å². The van der Waals surface area contributed by atoms with E-state index in [9.17, 15) is 0 Å². The molecule has 0 aliphatic carbocycles. The molecule has 0 bridgehead atoms. The molecule has 1 N–H and O–H groups in total. The lowest BCUT2D eigenvalue weighted by Crippen LogP contribution is -2.31. The molecule has 1 aliphatic heterocycles. The van der Waals surface area contributed by atoms with E-state index < -0.39 is 0 Å². The van der Waals surface area contributed by atoms with E-state index in [4.69, 9.17) is 9.26 Å². The van der Waals surface area contributed by atoms with Gasteiger partial charge in [0.05, 0.1) is 11.4 Å². The molecule has 3 rings (SSSR count). The first-order chi connectivity index (χ1) is 10.1. The highest BCUT2D eigenvalue weighted by Gasteiger charge is 2.33. The molecule has 1 saturated heterocycles. The third-order valence-electron chi connectivity index (χ3n) is 4.16. The molecule has 2 aromatic heterocycles. The maximum atomic E-state index is 5.96. The minimum atomic E-state index is 0.0618. The summed E-state index contributed by atoms with van der Waals surface area (Å²) in [6.45, 7) is 7.51. The van der Waals surface area contributed by atoms with Gasteiger partial charge in [0, 0.05) is 43.6 Å². The Kier molecular flexibility index (Phi) is 3.82. The Morgan fingerprint density at radius 1 is 1.38 bits per heavy atom. The van der Waals surface area contributed by atoms with Crippen molar-refractivity contribution < 1.29 is 9.26 Å². The van der Waals surface area contributed by atoms with Crippen LogP contribution in [0.3, 0.4) is 0 Å². The average molecular weight is 290 g/mol. The van der Waals surface area contributed by atoms with Crippen molar-refractivity contribution in [3.8, 4) is 0 Å². The van der Waals surface area contributed by atoms with Crippen molar-refractivity contribution in [1.82, 2.24) is 20.3 Å². The largest absolute Gasteiger partial charge is 0.372 e. The molecule has 0 unspecified atom stereocenters. The van der Waals surface area contributed by atoms with Gasteiger partial charge in [-0.25, -0.2) is 0 Å². The van der Waals surface area contributed by atoms with Crippen LogP contribution in [0.2, 0.25) is 0 Å². The van der Waals surface area contributed by atoms with Crippen LogP contribution in [0.1, 0.15) is 40.9 Å². The zero-order valence-corrected chi connectivity index (χ0v) is 13.0. The van der Waals surface area contributed by atoms with Crippen molar-refractivity contribution in [2.24, 2.45) is 7.05 Å². The summed E-state index contributed by atoms with van der Waals surface area (Å²) >= 11 is 0. The Bertz CT molecular complexity index is 632. The predicted octanol–water partition coefficient (Wildman–Crippen LogP) is 1.95. The molecule has 0 radical (unpaired) electrons. The fraction of sp³-hybridized carbons (Fsp3) is 0.600. The zero-order chi connectivity index (χ0) is 15.0. The number of aryl methyl sites for hydroxylation is 3. The molecule has 3 heterocycles. The normalized spacial score (nSPS) is 22.1. The summed E-state index contributed by atoms with van der Waals surface area (Å²) in [5, 5.41) is 12.1. The minimum Gasteiger partial charge on any atom is -0.372 e. The van der Waals surface area contributed by atoms with Gasteiger partial charge < -0.3 is 14.6 Å². The fourth-order valence-electron chi connectivity index (χ4n) is 3.02. The first kappa shape index (κ1) is 14.3. The van der Waals surface area contributed by atoms with Crippen molar-refractivity contribution in [2.45, 2.75) is 45.9 Å². The first-order valence-electron chi connectivity index (χ1n) is 7.33. The Hall–Kier alpha value is -1.66. The summed E-state index contributed by atoms with van der Waals surface area (Å²) in [5.74, 6) is 0.838. The van der Waals surface area contributed by atoms with Gasteiger partial charge in [0.15, 0.2) is 0 Å². The topological polar surface area (TPSA) is 65.1 Å². The van der Waals surface area contributed by atoms with E-state index in [2.05, 4.69) is 22.5 Å². The van der Waals surface area contributed by atoms with Crippen LogP contribution in [0.5, 0.6) is 0 Å². The number of nitrogens with zero attached hydrogens (tertiary/aromatic N) is 3. The molecule has 114 valence electrons. The molecular formula is C15H22N4O2. The zero-order valence-electron chi connectivity index (χ0n) is 13.0. The van der Waals surface area contributed by atoms with Gasteiger partial charge in [-0.15, -0.1) is 0 Å². The lowest BCUT2D eigenvalue weighted by Gasteiger charge is -2.20. The van der Waals surface area contributed by atoms with E-state index in [-0.39, 0.29) is 12.1 Å². The molecule has 6 heteroatoms. The van der Waals surface area contributed by atoms with Gasteiger partial charge in [-0.1, -0.05) is 5.16 Å². The van der Waals surface area contributed by atoms with Crippen LogP contribution in [0.25, 0.3) is 0 Å². The van der Waals surface area contributed by atoms with E-state index in [1.54, 1.807) is 0 Å². The van der Waals surface area contributed by atoms with E-state index in [0.29, 0.717) is 6.54 Å². The molecule has 2 atom stereocenters. The molecule has 0 saturated carbocycles. The van der Waals surface area contributed by atoms with Crippen LogP contribution in [-0.2, 0) is 18.3 Å².